The molecule has 4 heterocycles. The number of fused-ring (bicyclic) bond motifs is 2. The number of piperazine rings is 1. The molecule has 36 heavy (non-hydrogen) atoms. The Morgan fingerprint density at radius 3 is 2.61 bits per heavy atom. The first-order valence-corrected chi connectivity index (χ1v) is 12.9. The molecule has 186 valence electrons. The van der Waals surface area contributed by atoms with E-state index in [-0.39, 0.29) is 24.6 Å². The van der Waals surface area contributed by atoms with Crippen LogP contribution in [0.25, 0.3) is 0 Å². The maximum Gasteiger partial charge on any atom is 0.264 e. The van der Waals surface area contributed by atoms with Crippen LogP contribution in [0.2, 0.25) is 0 Å². The summed E-state index contributed by atoms with van der Waals surface area (Å²) in [5.74, 6) is 1.63. The first-order valence-electron chi connectivity index (χ1n) is 12.0. The van der Waals surface area contributed by atoms with Crippen LogP contribution in [0.3, 0.4) is 0 Å². The van der Waals surface area contributed by atoms with Crippen molar-refractivity contribution in [1.29, 1.82) is 0 Å². The molecule has 0 bridgehead atoms. The SMILES string of the molecule is COc1cc(CN2CCN(c3cccc4c3C(=O)N([C@H](C)c3cccs3)C4=O)CC2)cc2c1OCO2. The van der Waals surface area contributed by atoms with Crippen molar-refractivity contribution in [2.75, 3.05) is 45.0 Å². The number of benzene rings is 2. The van der Waals surface area contributed by atoms with Crippen LogP contribution in [-0.2, 0) is 6.54 Å². The molecule has 6 rings (SSSR count). The van der Waals surface area contributed by atoms with Gasteiger partial charge in [0.25, 0.3) is 11.8 Å². The lowest BCUT2D eigenvalue weighted by Crippen LogP contribution is -2.46. The quantitative estimate of drug-likeness (QED) is 0.466. The number of thiophene rings is 1. The van der Waals surface area contributed by atoms with Crippen LogP contribution in [0.5, 0.6) is 17.2 Å². The zero-order chi connectivity index (χ0) is 24.8. The number of carbonyl (C=O) groups excluding carboxylic acids is 2. The number of anilines is 1. The lowest BCUT2D eigenvalue weighted by molar-refractivity contribution is 0.0598. The van der Waals surface area contributed by atoms with Crippen molar-refractivity contribution in [2.45, 2.75) is 19.5 Å². The molecule has 1 aromatic heterocycles. The molecule has 0 radical (unpaired) electrons. The monoisotopic (exact) mass is 505 g/mol. The highest BCUT2D eigenvalue weighted by molar-refractivity contribution is 7.10. The van der Waals surface area contributed by atoms with E-state index in [9.17, 15) is 9.59 Å². The number of hydrogen-bond acceptors (Lipinski definition) is 8. The van der Waals surface area contributed by atoms with Crippen LogP contribution in [0, 0.1) is 0 Å². The number of imide groups is 1. The molecule has 2 aromatic carbocycles. The summed E-state index contributed by atoms with van der Waals surface area (Å²) in [6.07, 6.45) is 0. The molecule has 9 heteroatoms. The van der Waals surface area contributed by atoms with Gasteiger partial charge in [-0.3, -0.25) is 19.4 Å². The van der Waals surface area contributed by atoms with Gasteiger partial charge in [-0.05, 0) is 48.2 Å². The summed E-state index contributed by atoms with van der Waals surface area (Å²) in [4.78, 5) is 33.7. The molecule has 1 saturated heterocycles. The van der Waals surface area contributed by atoms with Crippen LogP contribution in [0.4, 0.5) is 5.69 Å². The van der Waals surface area contributed by atoms with Gasteiger partial charge in [0.1, 0.15) is 0 Å². The first-order chi connectivity index (χ1) is 17.5. The Hall–Kier alpha value is -3.56. The van der Waals surface area contributed by atoms with E-state index in [0.29, 0.717) is 28.4 Å². The molecular weight excluding hydrogens is 478 g/mol. The van der Waals surface area contributed by atoms with Gasteiger partial charge < -0.3 is 19.1 Å². The van der Waals surface area contributed by atoms with Crippen molar-refractivity contribution in [3.63, 3.8) is 0 Å². The highest BCUT2D eigenvalue weighted by atomic mass is 32.1. The molecule has 1 fully saturated rings. The number of rotatable bonds is 6. The van der Waals surface area contributed by atoms with Gasteiger partial charge in [0, 0.05) is 37.6 Å². The van der Waals surface area contributed by atoms with E-state index < -0.39 is 0 Å². The summed E-state index contributed by atoms with van der Waals surface area (Å²) in [7, 11) is 1.63. The smallest absolute Gasteiger partial charge is 0.264 e. The normalized spacial score (nSPS) is 18.1. The van der Waals surface area contributed by atoms with E-state index in [0.717, 1.165) is 48.9 Å². The third-order valence-electron chi connectivity index (χ3n) is 7.10. The second-order valence-corrected chi connectivity index (χ2v) is 10.1. The summed E-state index contributed by atoms with van der Waals surface area (Å²) in [5, 5.41) is 1.97. The Morgan fingerprint density at radius 2 is 1.86 bits per heavy atom. The fourth-order valence-corrected chi connectivity index (χ4v) is 6.01. The minimum Gasteiger partial charge on any atom is -0.493 e. The van der Waals surface area contributed by atoms with E-state index in [2.05, 4.69) is 9.80 Å². The number of ether oxygens (including phenoxy) is 3. The molecule has 0 N–H and O–H groups in total. The average Bonchev–Trinajstić information content (AvgIpc) is 3.65. The number of methoxy groups -OCH3 is 1. The van der Waals surface area contributed by atoms with Crippen molar-refractivity contribution in [3.8, 4) is 17.2 Å². The highest BCUT2D eigenvalue weighted by Crippen LogP contribution is 2.42. The van der Waals surface area contributed by atoms with E-state index in [4.69, 9.17) is 14.2 Å². The van der Waals surface area contributed by atoms with E-state index in [1.165, 1.54) is 4.90 Å². The number of nitrogens with zero attached hydrogens (tertiary/aromatic N) is 3. The number of carbonyl (C=O) groups is 2. The van der Waals surface area contributed by atoms with Gasteiger partial charge in [-0.15, -0.1) is 11.3 Å². The molecule has 2 amide bonds. The van der Waals surface area contributed by atoms with Gasteiger partial charge in [-0.2, -0.15) is 0 Å². The largest absolute Gasteiger partial charge is 0.493 e. The second kappa shape index (κ2) is 9.15. The number of hydrogen-bond donors (Lipinski definition) is 0. The van der Waals surface area contributed by atoms with Crippen LogP contribution < -0.4 is 19.1 Å². The van der Waals surface area contributed by atoms with Crippen LogP contribution in [0.1, 0.15) is 44.1 Å². The molecule has 3 aliphatic heterocycles. The zero-order valence-electron chi connectivity index (χ0n) is 20.2. The van der Waals surface area contributed by atoms with Gasteiger partial charge in [-0.1, -0.05) is 12.1 Å². The Balaban J connectivity index is 1.17. The third kappa shape index (κ3) is 3.79. The maximum atomic E-state index is 13.5. The zero-order valence-corrected chi connectivity index (χ0v) is 21.0. The summed E-state index contributed by atoms with van der Waals surface area (Å²) >= 11 is 1.56. The fraction of sp³-hybridized carbons (Fsp3) is 0.333. The van der Waals surface area contributed by atoms with Crippen molar-refractivity contribution in [2.24, 2.45) is 0 Å². The maximum absolute atomic E-state index is 13.5. The third-order valence-corrected chi connectivity index (χ3v) is 8.15. The average molecular weight is 506 g/mol. The number of amides is 2. The van der Waals surface area contributed by atoms with Crippen molar-refractivity contribution in [3.05, 3.63) is 69.4 Å². The molecular formula is C27H27N3O5S. The summed E-state index contributed by atoms with van der Waals surface area (Å²) in [5.41, 5.74) is 2.97. The minimum absolute atomic E-state index is 0.207. The fourth-order valence-electron chi connectivity index (χ4n) is 5.24. The predicted octanol–water partition coefficient (Wildman–Crippen LogP) is 4.16. The van der Waals surface area contributed by atoms with Crippen molar-refractivity contribution in [1.82, 2.24) is 9.80 Å². The second-order valence-electron chi connectivity index (χ2n) is 9.17. The Bertz CT molecular complexity index is 1320. The molecule has 0 saturated carbocycles. The lowest BCUT2D eigenvalue weighted by Gasteiger charge is -2.36. The molecule has 0 aliphatic carbocycles. The van der Waals surface area contributed by atoms with Crippen molar-refractivity contribution >= 4 is 28.8 Å². The minimum atomic E-state index is -0.291. The molecule has 3 aromatic rings. The van der Waals surface area contributed by atoms with Gasteiger partial charge in [0.15, 0.2) is 11.5 Å². The summed E-state index contributed by atoms with van der Waals surface area (Å²) in [6, 6.07) is 13.2. The van der Waals surface area contributed by atoms with Gasteiger partial charge >= 0.3 is 0 Å². The highest BCUT2D eigenvalue weighted by Gasteiger charge is 2.41. The van der Waals surface area contributed by atoms with Crippen LogP contribution >= 0.6 is 11.3 Å². The van der Waals surface area contributed by atoms with E-state index in [1.807, 2.05) is 48.7 Å². The predicted molar refractivity (Wildman–Crippen MR) is 136 cm³/mol. The van der Waals surface area contributed by atoms with Gasteiger partial charge in [0.2, 0.25) is 12.5 Å². The first kappa shape index (κ1) is 22.9. The Morgan fingerprint density at radius 1 is 1.03 bits per heavy atom. The van der Waals surface area contributed by atoms with Crippen LogP contribution in [-0.4, -0.2) is 61.7 Å². The molecule has 0 unspecified atom stereocenters. The van der Waals surface area contributed by atoms with Gasteiger partial charge in [0.05, 0.1) is 30.0 Å². The summed E-state index contributed by atoms with van der Waals surface area (Å²) < 4.78 is 16.5. The van der Waals surface area contributed by atoms with Crippen molar-refractivity contribution < 1.29 is 23.8 Å². The lowest BCUT2D eigenvalue weighted by atomic mass is 10.1. The summed E-state index contributed by atoms with van der Waals surface area (Å²) in [6.45, 7) is 6.07. The Labute approximate surface area is 213 Å². The molecule has 8 nitrogen and oxygen atoms in total. The van der Waals surface area contributed by atoms with Crippen LogP contribution in [0.15, 0.2) is 47.8 Å². The molecule has 3 aliphatic rings. The Kier molecular flexibility index (Phi) is 5.81. The van der Waals surface area contributed by atoms with E-state index in [1.54, 1.807) is 24.5 Å². The topological polar surface area (TPSA) is 71.6 Å². The molecule has 1 atom stereocenters. The molecule has 0 spiro atoms. The van der Waals surface area contributed by atoms with E-state index >= 15 is 0 Å². The standard InChI is InChI=1S/C27H27N3O5S/c1-17(23-7-4-12-36-23)30-26(31)19-5-3-6-20(24(19)27(30)32)29-10-8-28(9-11-29)15-18-13-21(33-2)25-22(14-18)34-16-35-25/h3-7,12-14,17H,8-11,15-16H2,1-2H3/t17-/m1/s1. The van der Waals surface area contributed by atoms with Gasteiger partial charge in [-0.25, -0.2) is 0 Å².